The Morgan fingerprint density at radius 2 is 1.73 bits per heavy atom. The number of benzene rings is 3. The number of halogens is 1. The van der Waals surface area contributed by atoms with Gasteiger partial charge in [-0.05, 0) is 47.5 Å². The van der Waals surface area contributed by atoms with E-state index in [2.05, 4.69) is 10.2 Å². The Bertz CT molecular complexity index is 1470. The summed E-state index contributed by atoms with van der Waals surface area (Å²) in [5, 5.41) is 19.8. The Kier molecular flexibility index (Phi) is 7.02. The maximum absolute atomic E-state index is 13.7. The Morgan fingerprint density at radius 1 is 1.03 bits per heavy atom. The molecule has 0 saturated carbocycles. The first kappa shape index (κ1) is 24.7. The number of rotatable bonds is 7. The minimum atomic E-state index is -1.01. The van der Waals surface area contributed by atoms with Crippen molar-refractivity contribution in [3.05, 3.63) is 107 Å². The molecule has 1 fully saturated rings. The summed E-state index contributed by atoms with van der Waals surface area (Å²) in [4.78, 5) is 27.7. The van der Waals surface area contributed by atoms with Crippen LogP contribution in [0.25, 0.3) is 5.76 Å². The highest BCUT2D eigenvalue weighted by atomic mass is 32.2. The van der Waals surface area contributed by atoms with Gasteiger partial charge < -0.3 is 9.84 Å². The number of amides is 1. The summed E-state index contributed by atoms with van der Waals surface area (Å²) in [7, 11) is 1.52. The van der Waals surface area contributed by atoms with Gasteiger partial charge in [-0.25, -0.2) is 4.39 Å². The molecule has 1 unspecified atom stereocenters. The zero-order chi connectivity index (χ0) is 25.9. The van der Waals surface area contributed by atoms with Crippen molar-refractivity contribution in [3.63, 3.8) is 0 Å². The number of aliphatic hydroxyl groups is 1. The molecule has 1 amide bonds. The van der Waals surface area contributed by atoms with Gasteiger partial charge in [-0.15, -0.1) is 10.2 Å². The number of methoxy groups -OCH3 is 1. The Hall–Kier alpha value is -4.02. The van der Waals surface area contributed by atoms with Crippen LogP contribution in [0.2, 0.25) is 0 Å². The van der Waals surface area contributed by atoms with Gasteiger partial charge in [0.2, 0.25) is 5.13 Å². The maximum Gasteiger partial charge on any atom is 0.301 e. The number of aromatic nitrogens is 2. The average molecular weight is 534 g/mol. The minimum Gasteiger partial charge on any atom is -0.507 e. The summed E-state index contributed by atoms with van der Waals surface area (Å²) in [6, 6.07) is 20.7. The highest BCUT2D eigenvalue weighted by Crippen LogP contribution is 2.44. The van der Waals surface area contributed by atoms with E-state index in [-0.39, 0.29) is 16.5 Å². The zero-order valence-electron chi connectivity index (χ0n) is 19.5. The van der Waals surface area contributed by atoms with Crippen molar-refractivity contribution in [3.8, 4) is 5.75 Å². The molecule has 4 aromatic rings. The number of Topliss-reactive ketones (excluding diaryl/α,β-unsaturated/α-hetero) is 1. The quantitative estimate of drug-likeness (QED) is 0.109. The third-order valence-corrected chi connectivity index (χ3v) is 7.93. The average Bonchev–Trinajstić information content (AvgIpc) is 3.50. The highest BCUT2D eigenvalue weighted by Gasteiger charge is 2.48. The fourth-order valence-electron chi connectivity index (χ4n) is 3.97. The Morgan fingerprint density at radius 3 is 2.41 bits per heavy atom. The lowest BCUT2D eigenvalue weighted by atomic mass is 9.95. The van der Waals surface area contributed by atoms with E-state index in [1.165, 1.54) is 59.4 Å². The monoisotopic (exact) mass is 533 g/mol. The molecule has 0 radical (unpaired) electrons. The normalized spacial score (nSPS) is 16.8. The van der Waals surface area contributed by atoms with Crippen LogP contribution in [0.1, 0.15) is 22.7 Å². The van der Waals surface area contributed by atoms with Crippen molar-refractivity contribution in [2.24, 2.45) is 0 Å². The molecule has 0 spiro atoms. The molecule has 3 aromatic carbocycles. The first-order valence-electron chi connectivity index (χ1n) is 11.2. The van der Waals surface area contributed by atoms with E-state index in [0.717, 1.165) is 5.56 Å². The summed E-state index contributed by atoms with van der Waals surface area (Å²) in [5.74, 6) is -1.29. The van der Waals surface area contributed by atoms with E-state index < -0.39 is 23.5 Å². The molecule has 10 heteroatoms. The first-order chi connectivity index (χ1) is 18.0. The van der Waals surface area contributed by atoms with E-state index >= 15 is 0 Å². The zero-order valence-corrected chi connectivity index (χ0v) is 21.1. The summed E-state index contributed by atoms with van der Waals surface area (Å²) in [6.07, 6.45) is 0. The lowest BCUT2D eigenvalue weighted by Crippen LogP contribution is -2.29. The smallest absolute Gasteiger partial charge is 0.301 e. The fourth-order valence-corrected chi connectivity index (χ4v) is 5.80. The van der Waals surface area contributed by atoms with Crippen LogP contribution >= 0.6 is 23.1 Å². The van der Waals surface area contributed by atoms with Gasteiger partial charge in [0.15, 0.2) is 4.34 Å². The number of carbonyl (C=O) groups is 2. The molecule has 0 bridgehead atoms. The molecule has 37 heavy (non-hydrogen) atoms. The molecule has 1 N–H and O–H groups in total. The number of nitrogens with zero attached hydrogens (tertiary/aromatic N) is 3. The molecule has 1 aromatic heterocycles. The summed E-state index contributed by atoms with van der Waals surface area (Å²) in [5.41, 5.74) is 1.78. The predicted octanol–water partition coefficient (Wildman–Crippen LogP) is 5.60. The predicted molar refractivity (Wildman–Crippen MR) is 140 cm³/mol. The topological polar surface area (TPSA) is 92.6 Å². The lowest BCUT2D eigenvalue weighted by Gasteiger charge is -2.22. The minimum absolute atomic E-state index is 0.115. The first-order valence-corrected chi connectivity index (χ1v) is 13.0. The molecular formula is C27H20FN3O4S2. The Balaban J connectivity index is 1.54. The van der Waals surface area contributed by atoms with Crippen molar-refractivity contribution in [2.45, 2.75) is 16.1 Å². The van der Waals surface area contributed by atoms with E-state index in [0.29, 0.717) is 27.0 Å². The van der Waals surface area contributed by atoms with Crippen LogP contribution in [0.15, 0.2) is 88.8 Å². The van der Waals surface area contributed by atoms with Gasteiger partial charge >= 0.3 is 5.91 Å². The molecule has 5 rings (SSSR count). The van der Waals surface area contributed by atoms with Crippen LogP contribution in [0.5, 0.6) is 5.75 Å². The maximum atomic E-state index is 13.7. The van der Waals surface area contributed by atoms with Gasteiger partial charge in [0, 0.05) is 11.3 Å². The third kappa shape index (κ3) is 4.98. The van der Waals surface area contributed by atoms with Gasteiger partial charge in [0.1, 0.15) is 17.3 Å². The second-order valence-corrected chi connectivity index (χ2v) is 10.3. The fraction of sp³-hybridized carbons (Fsp3) is 0.111. The summed E-state index contributed by atoms with van der Waals surface area (Å²) in [6.45, 7) is 0. The molecule has 1 atom stereocenters. The van der Waals surface area contributed by atoms with Gasteiger partial charge in [-0.1, -0.05) is 65.6 Å². The van der Waals surface area contributed by atoms with Crippen LogP contribution in [0, 0.1) is 5.82 Å². The molecule has 1 saturated heterocycles. The van der Waals surface area contributed by atoms with Crippen molar-refractivity contribution in [1.29, 1.82) is 0 Å². The number of hydrogen-bond donors (Lipinski definition) is 1. The van der Waals surface area contributed by atoms with Crippen LogP contribution in [0.4, 0.5) is 9.52 Å². The van der Waals surface area contributed by atoms with Gasteiger partial charge in [-0.2, -0.15) is 0 Å². The Labute approximate surface area is 220 Å². The number of thioether (sulfide) groups is 1. The standard InChI is InChI=1S/C27H20FN3O4S2/c1-35-20-13-9-18(10-14-20)23(32)21-22(17-7-11-19(28)12-8-17)31(25(34)24(21)33)26-29-30-27(37-26)36-15-16-5-3-2-4-6-16/h2-14,22,32H,15H2,1H3/b23-21-. The number of anilines is 1. The second kappa shape index (κ2) is 10.5. The van der Waals surface area contributed by atoms with Crippen molar-refractivity contribution in [1.82, 2.24) is 10.2 Å². The number of ketones is 1. The summed E-state index contributed by atoms with van der Waals surface area (Å²) >= 11 is 2.63. The van der Waals surface area contributed by atoms with E-state index in [4.69, 9.17) is 4.74 Å². The second-order valence-electron chi connectivity index (χ2n) is 8.07. The molecule has 0 aliphatic carbocycles. The van der Waals surface area contributed by atoms with Gasteiger partial charge in [0.05, 0.1) is 18.7 Å². The van der Waals surface area contributed by atoms with Crippen molar-refractivity contribution < 1.29 is 23.8 Å². The number of aliphatic hydroxyl groups excluding tert-OH is 1. The van der Waals surface area contributed by atoms with Crippen molar-refractivity contribution in [2.75, 3.05) is 12.0 Å². The largest absolute Gasteiger partial charge is 0.507 e. The molecule has 2 heterocycles. The van der Waals surface area contributed by atoms with Crippen LogP contribution in [0.3, 0.4) is 0 Å². The lowest BCUT2D eigenvalue weighted by molar-refractivity contribution is -0.132. The molecular weight excluding hydrogens is 513 g/mol. The van der Waals surface area contributed by atoms with Crippen LogP contribution in [-0.2, 0) is 15.3 Å². The van der Waals surface area contributed by atoms with Crippen LogP contribution in [-0.4, -0.2) is 34.1 Å². The molecule has 1 aliphatic rings. The third-order valence-electron chi connectivity index (χ3n) is 5.80. The van der Waals surface area contributed by atoms with Gasteiger partial charge in [-0.3, -0.25) is 14.5 Å². The SMILES string of the molecule is COc1ccc(/C(O)=C2/C(=O)C(=O)N(c3nnc(SCc4ccccc4)s3)C2c2ccc(F)cc2)cc1. The van der Waals surface area contributed by atoms with Crippen molar-refractivity contribution >= 4 is 45.7 Å². The molecule has 1 aliphatic heterocycles. The number of carbonyl (C=O) groups excluding carboxylic acids is 2. The van der Waals surface area contributed by atoms with Crippen LogP contribution < -0.4 is 9.64 Å². The summed E-state index contributed by atoms with van der Waals surface area (Å²) < 4.78 is 19.5. The van der Waals surface area contributed by atoms with E-state index in [1.54, 1.807) is 24.3 Å². The highest BCUT2D eigenvalue weighted by molar-refractivity contribution is 8.00. The number of hydrogen-bond acceptors (Lipinski definition) is 8. The van der Waals surface area contributed by atoms with E-state index in [1.807, 2.05) is 30.3 Å². The molecule has 7 nitrogen and oxygen atoms in total. The molecule has 186 valence electrons. The van der Waals surface area contributed by atoms with E-state index in [9.17, 15) is 19.1 Å². The van der Waals surface area contributed by atoms with Gasteiger partial charge in [0.25, 0.3) is 5.78 Å². The number of ether oxygens (including phenoxy) is 1.